The van der Waals surface area contributed by atoms with E-state index < -0.39 is 0 Å². The first-order valence-corrected chi connectivity index (χ1v) is 9.10. The third-order valence-electron chi connectivity index (χ3n) is 4.35. The predicted molar refractivity (Wildman–Crippen MR) is 104 cm³/mol. The molecule has 24 heavy (non-hydrogen) atoms. The molecule has 0 saturated carbocycles. The minimum atomic E-state index is 0. The first-order chi connectivity index (χ1) is 10.6. The van der Waals surface area contributed by atoms with E-state index in [1.165, 1.54) is 22.0 Å². The van der Waals surface area contributed by atoms with Crippen molar-refractivity contribution in [3.63, 3.8) is 0 Å². The molecule has 2 rings (SSSR count). The van der Waals surface area contributed by atoms with E-state index in [-0.39, 0.29) is 39.8 Å². The summed E-state index contributed by atoms with van der Waals surface area (Å²) in [6.45, 7) is 14.9. The van der Waals surface area contributed by atoms with Crippen molar-refractivity contribution in [2.75, 3.05) is 0 Å². The third kappa shape index (κ3) is 4.61. The van der Waals surface area contributed by atoms with Crippen LogP contribution in [-0.4, -0.2) is 5.52 Å². The van der Waals surface area contributed by atoms with E-state index in [2.05, 4.69) is 78.8 Å². The number of hydrogen-bond donors (Lipinski definition) is 0. The van der Waals surface area contributed by atoms with Crippen LogP contribution in [0.5, 0.6) is 0 Å². The van der Waals surface area contributed by atoms with Gasteiger partial charge in [0.25, 0.3) is 0 Å². The summed E-state index contributed by atoms with van der Waals surface area (Å²) in [6, 6.07) is 10.6. The number of benzene rings is 2. The Balaban J connectivity index is 0.00000288. The van der Waals surface area contributed by atoms with Gasteiger partial charge in [0.2, 0.25) is 0 Å². The number of carbonyl (C=O) groups is 1. The number of hydrogen-bond acceptors (Lipinski definition) is 1. The van der Waals surface area contributed by atoms with Crippen molar-refractivity contribution in [2.45, 2.75) is 53.9 Å². The van der Waals surface area contributed by atoms with Crippen LogP contribution in [0.25, 0.3) is 0 Å². The quantitative estimate of drug-likeness (QED) is 0.623. The third-order valence-corrected chi connectivity index (χ3v) is 5.86. The normalized spacial score (nSPS) is 11.6. The van der Waals surface area contributed by atoms with E-state index in [1.54, 1.807) is 0 Å². The fourth-order valence-electron chi connectivity index (χ4n) is 2.94. The molecule has 0 aliphatic carbocycles. The average Bonchev–Trinajstić information content (AvgIpc) is 2.41. The monoisotopic (exact) mass is 334 g/mol. The van der Waals surface area contributed by atoms with Crippen molar-refractivity contribution in [3.8, 4) is 0 Å². The van der Waals surface area contributed by atoms with Gasteiger partial charge in [0.05, 0.1) is 0 Å². The second-order valence-corrected chi connectivity index (χ2v) is 8.66. The molecule has 0 aliphatic heterocycles. The van der Waals surface area contributed by atoms with Gasteiger partial charge in [-0.1, -0.05) is 51.1 Å². The molecule has 3 heteroatoms. The Hall–Kier alpha value is -0.863. The van der Waals surface area contributed by atoms with E-state index in [9.17, 15) is 4.79 Å². The summed E-state index contributed by atoms with van der Waals surface area (Å²) in [5.41, 5.74) is 7.15. The maximum absolute atomic E-state index is 12.9. The molecular formula is C21H28LiOP. The minimum absolute atomic E-state index is 0. The Morgan fingerprint density at radius 2 is 1.38 bits per heavy atom. The molecule has 124 valence electrons. The van der Waals surface area contributed by atoms with Gasteiger partial charge in [-0.3, -0.25) is 4.79 Å². The Morgan fingerprint density at radius 3 is 1.79 bits per heavy atom. The fraction of sp³-hybridized carbons (Fsp3) is 0.381. The molecule has 2 aromatic rings. The molecule has 0 spiro atoms. The van der Waals surface area contributed by atoms with Crippen LogP contribution < -0.4 is 24.2 Å². The van der Waals surface area contributed by atoms with Crippen LogP contribution in [0.3, 0.4) is 0 Å². The zero-order chi connectivity index (χ0) is 17.4. The molecule has 0 aliphatic rings. The number of rotatable bonds is 3. The molecule has 1 nitrogen and oxygen atoms in total. The zero-order valence-corrected chi connectivity index (χ0v) is 17.3. The number of carbonyl (C=O) groups excluding carboxylic acids is 1. The summed E-state index contributed by atoms with van der Waals surface area (Å²) in [5, 5.41) is 1.19. The summed E-state index contributed by atoms with van der Waals surface area (Å²) >= 11 is 0. The van der Waals surface area contributed by atoms with Crippen LogP contribution in [0.1, 0.15) is 60.4 Å². The van der Waals surface area contributed by atoms with Crippen molar-refractivity contribution in [3.05, 3.63) is 63.7 Å². The van der Waals surface area contributed by atoms with Gasteiger partial charge in [0.1, 0.15) is 0 Å². The summed E-state index contributed by atoms with van der Waals surface area (Å²) in [6.07, 6.45) is 0. The Morgan fingerprint density at radius 1 is 0.917 bits per heavy atom. The maximum Gasteiger partial charge on any atom is 1.00 e. The van der Waals surface area contributed by atoms with Gasteiger partial charge in [-0.25, -0.2) is 0 Å². The van der Waals surface area contributed by atoms with Crippen molar-refractivity contribution in [2.24, 2.45) is 0 Å². The first-order valence-electron chi connectivity index (χ1n) is 8.10. The summed E-state index contributed by atoms with van der Waals surface area (Å²) < 4.78 is 0. The maximum atomic E-state index is 12.9. The second-order valence-electron chi connectivity index (χ2n) is 7.46. The van der Waals surface area contributed by atoms with Crippen LogP contribution in [0.4, 0.5) is 0 Å². The van der Waals surface area contributed by atoms with Crippen molar-refractivity contribution in [1.29, 1.82) is 0 Å². The van der Waals surface area contributed by atoms with Gasteiger partial charge < -0.3 is 1.43 Å². The second kappa shape index (κ2) is 8.01. The molecule has 0 radical (unpaired) electrons. The topological polar surface area (TPSA) is 17.1 Å². The summed E-state index contributed by atoms with van der Waals surface area (Å²) in [7, 11) is 0.191. The zero-order valence-electron chi connectivity index (χ0n) is 17.3. The van der Waals surface area contributed by atoms with Gasteiger partial charge in [-0.2, -0.15) is 0 Å². The smallest absolute Gasteiger partial charge is 1.00 e. The fourth-order valence-corrected chi connectivity index (χ4v) is 4.25. The van der Waals surface area contributed by atoms with Gasteiger partial charge >= 0.3 is 18.9 Å². The Kier molecular flexibility index (Phi) is 7.07. The molecular weight excluding hydrogens is 306 g/mol. The Bertz CT molecular complexity index is 720. The predicted octanol–water partition coefficient (Wildman–Crippen LogP) is 2.48. The van der Waals surface area contributed by atoms with E-state index >= 15 is 0 Å². The standard InChI is InChI=1S/C21H27OP.Li.H/c1-13-9-8-10-14(2)19(13)23-20(22)18-15(3)11-17(12-16(18)4)21(5,6)7;;/h8-12,23H,1-7H3;;/q;+1;-1. The Labute approximate surface area is 162 Å². The largest absolute Gasteiger partial charge is 1.00 e. The summed E-state index contributed by atoms with van der Waals surface area (Å²) in [5.74, 6) is 0. The van der Waals surface area contributed by atoms with Crippen molar-refractivity contribution >= 4 is 19.4 Å². The van der Waals surface area contributed by atoms with Crippen LogP contribution in [0, 0.1) is 27.7 Å². The molecule has 0 aromatic heterocycles. The van der Waals surface area contributed by atoms with E-state index in [1.807, 2.05) is 0 Å². The van der Waals surface area contributed by atoms with E-state index in [0.29, 0.717) is 0 Å². The van der Waals surface area contributed by atoms with Crippen molar-refractivity contribution in [1.82, 2.24) is 0 Å². The van der Waals surface area contributed by atoms with Gasteiger partial charge in [-0.15, -0.1) is 0 Å². The minimum Gasteiger partial charge on any atom is -1.00 e. The first kappa shape index (κ1) is 21.2. The molecule has 1 atom stereocenters. The molecule has 0 fully saturated rings. The van der Waals surface area contributed by atoms with Crippen LogP contribution >= 0.6 is 8.58 Å². The van der Waals surface area contributed by atoms with Crippen LogP contribution in [-0.2, 0) is 5.41 Å². The molecule has 0 saturated heterocycles. The molecule has 0 bridgehead atoms. The van der Waals surface area contributed by atoms with E-state index in [4.69, 9.17) is 0 Å². The SMILES string of the molecule is Cc1cccc(C)c1PC(=O)c1c(C)cc(C(C)(C)C)cc1C.[H-].[Li+]. The van der Waals surface area contributed by atoms with Gasteiger partial charge in [-0.05, 0) is 74.8 Å². The molecule has 2 aromatic carbocycles. The average molecular weight is 334 g/mol. The van der Waals surface area contributed by atoms with Crippen molar-refractivity contribution < 1.29 is 25.1 Å². The van der Waals surface area contributed by atoms with Crippen LogP contribution in [0.2, 0.25) is 0 Å². The molecule has 1 unspecified atom stereocenters. The van der Waals surface area contributed by atoms with E-state index in [0.717, 1.165) is 16.7 Å². The number of aryl methyl sites for hydroxylation is 4. The molecule has 0 amide bonds. The molecule has 0 N–H and O–H groups in total. The summed E-state index contributed by atoms with van der Waals surface area (Å²) in [4.78, 5) is 12.9. The van der Waals surface area contributed by atoms with Gasteiger partial charge in [0.15, 0.2) is 5.52 Å². The van der Waals surface area contributed by atoms with Gasteiger partial charge in [0, 0.05) is 5.56 Å². The molecule has 0 heterocycles. The van der Waals surface area contributed by atoms with Crippen LogP contribution in [0.15, 0.2) is 30.3 Å².